The molecule has 76 valence electrons. The normalized spacial score (nSPS) is 10.3. The Kier molecular flexibility index (Phi) is 3.69. The fraction of sp³-hybridized carbons (Fsp3) is 0.417. The second-order valence-electron chi connectivity index (χ2n) is 3.69. The van der Waals surface area contributed by atoms with Crippen molar-refractivity contribution >= 4 is 12.0 Å². The number of hydrogen-bond donors (Lipinski definition) is 1. The predicted octanol–water partition coefficient (Wildman–Crippen LogP) is 2.59. The summed E-state index contributed by atoms with van der Waals surface area (Å²) < 4.78 is 0. The molecule has 1 aromatic carbocycles. The minimum Gasteiger partial charge on any atom is -0.388 e. The van der Waals surface area contributed by atoms with Gasteiger partial charge < -0.3 is 10.1 Å². The molecule has 0 saturated carbocycles. The van der Waals surface area contributed by atoms with Crippen LogP contribution in [0.1, 0.15) is 30.9 Å². The highest BCUT2D eigenvalue weighted by Crippen LogP contribution is 2.22. The fourth-order valence-electron chi connectivity index (χ4n) is 1.45. The first-order valence-electron chi connectivity index (χ1n) is 4.93. The molecule has 0 fully saturated rings. The summed E-state index contributed by atoms with van der Waals surface area (Å²) in [6.45, 7) is 4.32. The Bertz CT molecular complexity index is 318. The Balaban J connectivity index is 3.04. The van der Waals surface area contributed by atoms with Crippen molar-refractivity contribution in [3.05, 3.63) is 29.3 Å². The second-order valence-corrected chi connectivity index (χ2v) is 3.69. The lowest BCUT2D eigenvalue weighted by atomic mass is 9.99. The van der Waals surface area contributed by atoms with E-state index in [-0.39, 0.29) is 0 Å². The third-order valence-electron chi connectivity index (χ3n) is 2.37. The summed E-state index contributed by atoms with van der Waals surface area (Å²) in [6.07, 6.45) is 1.42. The number of nitrogens with one attached hydrogen (secondary N) is 1. The van der Waals surface area contributed by atoms with Crippen LogP contribution < -0.4 is 5.32 Å². The van der Waals surface area contributed by atoms with Gasteiger partial charge in [-0.2, -0.15) is 0 Å². The van der Waals surface area contributed by atoms with E-state index in [0.717, 1.165) is 17.5 Å². The zero-order chi connectivity index (χ0) is 10.6. The van der Waals surface area contributed by atoms with E-state index in [1.165, 1.54) is 5.56 Å². The summed E-state index contributed by atoms with van der Waals surface area (Å²) in [5.74, 6) is 0.521. The Labute approximate surface area is 85.3 Å². The molecule has 0 bridgehead atoms. The molecule has 0 amide bonds. The van der Waals surface area contributed by atoms with Crippen molar-refractivity contribution in [1.82, 2.24) is 0 Å². The smallest absolute Gasteiger partial charge is 0.124 e. The van der Waals surface area contributed by atoms with E-state index in [2.05, 4.69) is 31.3 Å². The summed E-state index contributed by atoms with van der Waals surface area (Å²) >= 11 is 0. The second kappa shape index (κ2) is 4.80. The van der Waals surface area contributed by atoms with Gasteiger partial charge in [0.15, 0.2) is 0 Å². The number of rotatable bonds is 4. The molecule has 0 aliphatic carbocycles. The molecule has 1 aromatic rings. The van der Waals surface area contributed by atoms with Crippen molar-refractivity contribution in [2.75, 3.05) is 12.4 Å². The highest BCUT2D eigenvalue weighted by Gasteiger charge is 2.04. The first-order valence-corrected chi connectivity index (χ1v) is 4.93. The molecular formula is C12H17NO. The molecule has 0 aromatic heterocycles. The molecule has 1 N–H and O–H groups in total. The molecule has 0 heterocycles. The first-order chi connectivity index (χ1) is 6.69. The Morgan fingerprint density at radius 2 is 2.14 bits per heavy atom. The van der Waals surface area contributed by atoms with Crippen LogP contribution in [0.15, 0.2) is 18.2 Å². The standard InChI is InChI=1S/C12H17NO/c1-9(2)11-5-4-10(6-7-14)12(8-11)13-3/h4-5,7-9,13H,6H2,1-3H3. The zero-order valence-corrected chi connectivity index (χ0v) is 9.00. The molecule has 0 saturated heterocycles. The van der Waals surface area contributed by atoms with E-state index < -0.39 is 0 Å². The number of benzene rings is 1. The Hall–Kier alpha value is -1.31. The van der Waals surface area contributed by atoms with E-state index in [1.807, 2.05) is 13.1 Å². The summed E-state index contributed by atoms with van der Waals surface area (Å²) in [4.78, 5) is 10.4. The van der Waals surface area contributed by atoms with Crippen LogP contribution in [0.25, 0.3) is 0 Å². The van der Waals surface area contributed by atoms with Crippen molar-refractivity contribution in [3.63, 3.8) is 0 Å². The third kappa shape index (κ3) is 2.34. The van der Waals surface area contributed by atoms with Crippen molar-refractivity contribution in [1.29, 1.82) is 0 Å². The molecule has 0 aliphatic heterocycles. The average Bonchev–Trinajstić information content (AvgIpc) is 2.18. The summed E-state index contributed by atoms with van der Waals surface area (Å²) in [6, 6.07) is 6.23. The average molecular weight is 191 g/mol. The van der Waals surface area contributed by atoms with Gasteiger partial charge in [-0.1, -0.05) is 26.0 Å². The van der Waals surface area contributed by atoms with Crippen molar-refractivity contribution < 1.29 is 4.79 Å². The van der Waals surface area contributed by atoms with Gasteiger partial charge >= 0.3 is 0 Å². The van der Waals surface area contributed by atoms with E-state index >= 15 is 0 Å². The zero-order valence-electron chi connectivity index (χ0n) is 9.00. The summed E-state index contributed by atoms with van der Waals surface area (Å²) in [7, 11) is 1.88. The van der Waals surface area contributed by atoms with Gasteiger partial charge in [-0.25, -0.2) is 0 Å². The molecule has 0 radical (unpaired) electrons. The van der Waals surface area contributed by atoms with Crippen molar-refractivity contribution in [2.45, 2.75) is 26.2 Å². The van der Waals surface area contributed by atoms with Crippen LogP contribution >= 0.6 is 0 Å². The topological polar surface area (TPSA) is 29.1 Å². The Morgan fingerprint density at radius 3 is 2.64 bits per heavy atom. The number of carbonyl (C=O) groups excluding carboxylic acids is 1. The minimum absolute atomic E-state index is 0.481. The number of carbonyl (C=O) groups is 1. The van der Waals surface area contributed by atoms with Gasteiger partial charge in [0.05, 0.1) is 0 Å². The van der Waals surface area contributed by atoms with Crippen LogP contribution in [0, 0.1) is 0 Å². The Morgan fingerprint density at radius 1 is 1.43 bits per heavy atom. The van der Waals surface area contributed by atoms with E-state index in [0.29, 0.717) is 12.3 Å². The van der Waals surface area contributed by atoms with Gasteiger partial charge in [0.25, 0.3) is 0 Å². The molecule has 0 spiro atoms. The van der Waals surface area contributed by atoms with Crippen LogP contribution in [0.3, 0.4) is 0 Å². The first kappa shape index (κ1) is 10.8. The molecule has 0 atom stereocenters. The quantitative estimate of drug-likeness (QED) is 0.741. The maximum absolute atomic E-state index is 10.4. The molecule has 0 unspecified atom stereocenters. The molecule has 0 aliphatic rings. The number of aldehydes is 1. The number of anilines is 1. The molecule has 2 nitrogen and oxygen atoms in total. The third-order valence-corrected chi connectivity index (χ3v) is 2.37. The molecular weight excluding hydrogens is 174 g/mol. The lowest BCUT2D eigenvalue weighted by molar-refractivity contribution is -0.107. The molecule has 1 rings (SSSR count). The van der Waals surface area contributed by atoms with Crippen LogP contribution in [0.4, 0.5) is 5.69 Å². The van der Waals surface area contributed by atoms with E-state index in [4.69, 9.17) is 0 Å². The van der Waals surface area contributed by atoms with Gasteiger partial charge in [0, 0.05) is 19.2 Å². The SMILES string of the molecule is CNc1cc(C(C)C)ccc1CC=O. The van der Waals surface area contributed by atoms with Crippen LogP contribution in [-0.2, 0) is 11.2 Å². The largest absolute Gasteiger partial charge is 0.388 e. The van der Waals surface area contributed by atoms with Gasteiger partial charge in [-0.3, -0.25) is 0 Å². The molecule has 2 heteroatoms. The van der Waals surface area contributed by atoms with Gasteiger partial charge in [0.1, 0.15) is 6.29 Å². The van der Waals surface area contributed by atoms with Crippen molar-refractivity contribution in [3.8, 4) is 0 Å². The maximum atomic E-state index is 10.4. The van der Waals surface area contributed by atoms with Crippen LogP contribution in [0.5, 0.6) is 0 Å². The van der Waals surface area contributed by atoms with Crippen LogP contribution in [-0.4, -0.2) is 13.3 Å². The number of hydrogen-bond acceptors (Lipinski definition) is 2. The van der Waals surface area contributed by atoms with Gasteiger partial charge in [0.2, 0.25) is 0 Å². The van der Waals surface area contributed by atoms with Crippen molar-refractivity contribution in [2.24, 2.45) is 0 Å². The van der Waals surface area contributed by atoms with E-state index in [1.54, 1.807) is 0 Å². The summed E-state index contributed by atoms with van der Waals surface area (Å²) in [5, 5.41) is 3.12. The lowest BCUT2D eigenvalue weighted by Gasteiger charge is -2.11. The minimum atomic E-state index is 0.481. The lowest BCUT2D eigenvalue weighted by Crippen LogP contribution is -1.98. The van der Waals surface area contributed by atoms with E-state index in [9.17, 15) is 4.79 Å². The van der Waals surface area contributed by atoms with Crippen LogP contribution in [0.2, 0.25) is 0 Å². The summed E-state index contributed by atoms with van der Waals surface area (Å²) in [5.41, 5.74) is 3.42. The highest BCUT2D eigenvalue weighted by molar-refractivity contribution is 5.63. The predicted molar refractivity (Wildman–Crippen MR) is 59.8 cm³/mol. The fourth-order valence-corrected chi connectivity index (χ4v) is 1.45. The molecule has 14 heavy (non-hydrogen) atoms. The highest BCUT2D eigenvalue weighted by atomic mass is 16.1. The van der Waals surface area contributed by atoms with Gasteiger partial charge in [-0.15, -0.1) is 0 Å². The maximum Gasteiger partial charge on any atom is 0.124 e. The van der Waals surface area contributed by atoms with Gasteiger partial charge in [-0.05, 0) is 23.1 Å². The monoisotopic (exact) mass is 191 g/mol.